The van der Waals surface area contributed by atoms with Gasteiger partial charge >= 0.3 is 17.9 Å². The van der Waals surface area contributed by atoms with Gasteiger partial charge in [0, 0.05) is 16.7 Å². The van der Waals surface area contributed by atoms with Crippen molar-refractivity contribution >= 4 is 17.9 Å². The summed E-state index contributed by atoms with van der Waals surface area (Å²) in [5, 5.41) is 50.3. The number of nitrogens with zero attached hydrogens (tertiary/aromatic N) is 9. The first-order chi connectivity index (χ1) is 15.8. The zero-order chi connectivity index (χ0) is 23.5. The van der Waals surface area contributed by atoms with Gasteiger partial charge in [0.2, 0.25) is 0 Å². The number of aromatic nitrogens is 9. The summed E-state index contributed by atoms with van der Waals surface area (Å²) in [5.41, 5.74) is 2.74. The lowest BCUT2D eigenvalue weighted by Gasteiger charge is -2.05. The van der Waals surface area contributed by atoms with Gasteiger partial charge in [-0.2, -0.15) is 0 Å². The second kappa shape index (κ2) is 8.66. The Morgan fingerprint density at radius 2 is 0.848 bits per heavy atom. The van der Waals surface area contributed by atoms with Crippen LogP contribution >= 0.6 is 0 Å². The zero-order valence-electron chi connectivity index (χ0n) is 16.7. The molecule has 0 aliphatic carbocycles. The Labute approximate surface area is 183 Å². The average molecular weight is 453 g/mol. The fraction of sp³-hybridized carbons (Fsp3) is 0.167. The molecule has 4 rings (SSSR count). The maximum absolute atomic E-state index is 10.9. The predicted molar refractivity (Wildman–Crippen MR) is 106 cm³/mol. The minimum Gasteiger partial charge on any atom is -0.480 e. The predicted octanol–water partition coefficient (Wildman–Crippen LogP) is -0.284. The van der Waals surface area contributed by atoms with E-state index in [9.17, 15) is 14.4 Å². The molecule has 0 saturated heterocycles. The molecule has 33 heavy (non-hydrogen) atoms. The smallest absolute Gasteiger partial charge is 0.325 e. The topological polar surface area (TPSA) is 204 Å². The maximum Gasteiger partial charge on any atom is 0.325 e. The first-order valence-electron chi connectivity index (χ1n) is 9.29. The molecule has 15 nitrogen and oxygen atoms in total. The van der Waals surface area contributed by atoms with Gasteiger partial charge in [0.1, 0.15) is 36.7 Å². The Hall–Kier alpha value is -4.95. The van der Waals surface area contributed by atoms with Crippen LogP contribution in [-0.4, -0.2) is 78.2 Å². The van der Waals surface area contributed by atoms with Crippen LogP contribution in [0.4, 0.5) is 0 Å². The third kappa shape index (κ3) is 5.04. The van der Waals surface area contributed by atoms with Gasteiger partial charge in [-0.3, -0.25) is 14.4 Å². The summed E-state index contributed by atoms with van der Waals surface area (Å²) in [6.07, 6.45) is 4.37. The van der Waals surface area contributed by atoms with Gasteiger partial charge < -0.3 is 15.3 Å². The molecule has 0 saturated carbocycles. The first kappa shape index (κ1) is 21.3. The summed E-state index contributed by atoms with van der Waals surface area (Å²) < 4.78 is 3.49. The molecule has 168 valence electrons. The lowest BCUT2D eigenvalue weighted by atomic mass is 10.0. The van der Waals surface area contributed by atoms with Gasteiger partial charge in [-0.25, -0.2) is 14.0 Å². The summed E-state index contributed by atoms with van der Waals surface area (Å²) in [7, 11) is 0. The van der Waals surface area contributed by atoms with Crippen LogP contribution in [0.5, 0.6) is 0 Å². The fourth-order valence-electron chi connectivity index (χ4n) is 3.01. The maximum atomic E-state index is 10.9. The highest BCUT2D eigenvalue weighted by atomic mass is 16.4. The summed E-state index contributed by atoms with van der Waals surface area (Å²) in [4.78, 5) is 32.8. The van der Waals surface area contributed by atoms with Crippen LogP contribution in [-0.2, 0) is 34.0 Å². The Morgan fingerprint density at radius 1 is 0.576 bits per heavy atom. The number of carboxylic acid groups (broad SMARTS) is 3. The Bertz CT molecular complexity index is 1180. The minimum atomic E-state index is -1.08. The van der Waals surface area contributed by atoms with E-state index in [1.807, 2.05) is 0 Å². The van der Waals surface area contributed by atoms with Gasteiger partial charge in [0.15, 0.2) is 0 Å². The van der Waals surface area contributed by atoms with Crippen molar-refractivity contribution in [1.82, 2.24) is 45.0 Å². The zero-order valence-corrected chi connectivity index (χ0v) is 16.7. The summed E-state index contributed by atoms with van der Waals surface area (Å²) in [5.74, 6) is -3.23. The van der Waals surface area contributed by atoms with Crippen LogP contribution in [0.3, 0.4) is 0 Å². The molecule has 0 amide bonds. The van der Waals surface area contributed by atoms with Crippen LogP contribution in [0, 0.1) is 0 Å². The molecule has 0 aliphatic heterocycles. The number of hydrogen-bond acceptors (Lipinski definition) is 9. The number of carboxylic acids is 3. The van der Waals surface area contributed by atoms with E-state index < -0.39 is 17.9 Å². The van der Waals surface area contributed by atoms with Crippen LogP contribution in [0.1, 0.15) is 0 Å². The third-order valence-electron chi connectivity index (χ3n) is 4.33. The summed E-state index contributed by atoms with van der Waals surface area (Å²) in [6.45, 7) is -1.11. The summed E-state index contributed by atoms with van der Waals surface area (Å²) in [6, 6.07) is 5.11. The Morgan fingerprint density at radius 3 is 1.09 bits per heavy atom. The van der Waals surface area contributed by atoms with Gasteiger partial charge in [-0.1, -0.05) is 15.6 Å². The molecule has 4 aromatic rings. The highest BCUT2D eigenvalue weighted by molar-refractivity contribution is 5.77. The van der Waals surface area contributed by atoms with Crippen LogP contribution < -0.4 is 0 Å². The second-order valence-corrected chi connectivity index (χ2v) is 6.88. The van der Waals surface area contributed by atoms with Crippen molar-refractivity contribution in [2.45, 2.75) is 19.6 Å². The van der Waals surface area contributed by atoms with E-state index in [-0.39, 0.29) is 19.6 Å². The van der Waals surface area contributed by atoms with E-state index in [0.717, 1.165) is 14.0 Å². The number of benzene rings is 1. The highest BCUT2D eigenvalue weighted by Gasteiger charge is 2.15. The molecule has 3 heterocycles. The first-order valence-corrected chi connectivity index (χ1v) is 9.29. The van der Waals surface area contributed by atoms with Crippen molar-refractivity contribution in [3.63, 3.8) is 0 Å². The molecule has 0 spiro atoms. The normalized spacial score (nSPS) is 10.9. The van der Waals surface area contributed by atoms with Crippen molar-refractivity contribution in [3.05, 3.63) is 36.8 Å². The molecule has 1 aromatic carbocycles. The fourth-order valence-corrected chi connectivity index (χ4v) is 3.01. The average Bonchev–Trinajstić information content (AvgIpc) is 3.48. The minimum absolute atomic E-state index is 0.368. The quantitative estimate of drug-likeness (QED) is 0.299. The Balaban J connectivity index is 1.77. The van der Waals surface area contributed by atoms with E-state index in [0.29, 0.717) is 33.8 Å². The van der Waals surface area contributed by atoms with Gasteiger partial charge in [0.25, 0.3) is 0 Å². The van der Waals surface area contributed by atoms with Gasteiger partial charge in [0.05, 0.1) is 18.6 Å². The molecule has 3 N–H and O–H groups in total. The standard InChI is InChI=1S/C18H15N9O6/c28-16(29)7-25-4-13(19-22-25)10-1-11(14-5-26(23-20-14)8-17(30)31)3-12(2-10)15-6-27(24-21-15)9-18(32)33/h1-6H,7-9H2,(H,28,29)(H,30,31)(H,32,33). The molecule has 0 aliphatic rings. The van der Waals surface area contributed by atoms with Crippen molar-refractivity contribution in [2.24, 2.45) is 0 Å². The van der Waals surface area contributed by atoms with Crippen molar-refractivity contribution in [3.8, 4) is 33.8 Å². The molecular formula is C18H15N9O6. The number of hydrogen-bond donors (Lipinski definition) is 3. The molecule has 15 heteroatoms. The lowest BCUT2D eigenvalue weighted by Crippen LogP contribution is -2.08. The van der Waals surface area contributed by atoms with E-state index >= 15 is 0 Å². The van der Waals surface area contributed by atoms with Crippen molar-refractivity contribution in [2.75, 3.05) is 0 Å². The van der Waals surface area contributed by atoms with Crippen LogP contribution in [0.2, 0.25) is 0 Å². The summed E-state index contributed by atoms with van der Waals surface area (Å²) >= 11 is 0. The monoisotopic (exact) mass is 453 g/mol. The molecule has 0 bridgehead atoms. The molecular weight excluding hydrogens is 438 g/mol. The highest BCUT2D eigenvalue weighted by Crippen LogP contribution is 2.30. The molecule has 0 unspecified atom stereocenters. The van der Waals surface area contributed by atoms with Gasteiger partial charge in [-0.15, -0.1) is 15.3 Å². The molecule has 0 fully saturated rings. The molecule has 3 aromatic heterocycles. The lowest BCUT2D eigenvalue weighted by molar-refractivity contribution is -0.138. The molecule has 0 radical (unpaired) electrons. The van der Waals surface area contributed by atoms with Crippen LogP contribution in [0.15, 0.2) is 36.8 Å². The molecule has 0 atom stereocenters. The third-order valence-corrected chi connectivity index (χ3v) is 4.33. The van der Waals surface area contributed by atoms with Crippen molar-refractivity contribution in [1.29, 1.82) is 0 Å². The van der Waals surface area contributed by atoms with E-state index in [4.69, 9.17) is 15.3 Å². The van der Waals surface area contributed by atoms with Crippen LogP contribution in [0.25, 0.3) is 33.8 Å². The number of carbonyl (C=O) groups is 3. The Kier molecular flexibility index (Phi) is 5.58. The van der Waals surface area contributed by atoms with E-state index in [2.05, 4.69) is 30.9 Å². The van der Waals surface area contributed by atoms with E-state index in [1.165, 1.54) is 18.6 Å². The largest absolute Gasteiger partial charge is 0.480 e. The SMILES string of the molecule is O=C(O)Cn1cc(-c2cc(-c3cn(CC(=O)O)nn3)cc(-c3cn(CC(=O)O)nn3)c2)nn1. The van der Waals surface area contributed by atoms with Gasteiger partial charge in [-0.05, 0) is 18.2 Å². The van der Waals surface area contributed by atoms with Crippen molar-refractivity contribution < 1.29 is 29.7 Å². The second-order valence-electron chi connectivity index (χ2n) is 6.88. The van der Waals surface area contributed by atoms with E-state index in [1.54, 1.807) is 18.2 Å². The number of rotatable bonds is 9. The number of aliphatic carboxylic acids is 3.